The molecule has 1 atom stereocenters. The Labute approximate surface area is 115 Å². The van der Waals surface area contributed by atoms with E-state index in [0.717, 1.165) is 24.2 Å². The molecule has 0 radical (unpaired) electrons. The molecule has 2 rings (SSSR count). The summed E-state index contributed by atoms with van der Waals surface area (Å²) in [4.78, 5) is 4.61. The van der Waals surface area contributed by atoms with E-state index in [2.05, 4.69) is 61.9 Å². The van der Waals surface area contributed by atoms with Crippen LogP contribution in [0.25, 0.3) is 10.9 Å². The van der Waals surface area contributed by atoms with E-state index in [4.69, 9.17) is 0 Å². The van der Waals surface area contributed by atoms with Gasteiger partial charge in [-0.25, -0.2) is 0 Å². The standard InChI is InChI=1S/C17H22N2/c1-5-18-17(10-12(2)3)15-11-13(4)19-16-9-7-6-8-14(15)16/h6-9,11,17-18H,2,5,10H2,1,3-4H3. The number of nitrogens with one attached hydrogen (secondary N) is 1. The third-order valence-corrected chi connectivity index (χ3v) is 3.25. The Morgan fingerprint density at radius 2 is 2.11 bits per heavy atom. The van der Waals surface area contributed by atoms with E-state index in [1.807, 2.05) is 6.07 Å². The predicted octanol–water partition coefficient (Wildman–Crippen LogP) is 4.16. The number of aryl methyl sites for hydroxylation is 1. The summed E-state index contributed by atoms with van der Waals surface area (Å²) in [5, 5.41) is 4.80. The van der Waals surface area contributed by atoms with Gasteiger partial charge < -0.3 is 5.32 Å². The van der Waals surface area contributed by atoms with Gasteiger partial charge in [0, 0.05) is 17.1 Å². The second kappa shape index (κ2) is 5.98. The summed E-state index contributed by atoms with van der Waals surface area (Å²) in [7, 11) is 0. The summed E-state index contributed by atoms with van der Waals surface area (Å²) < 4.78 is 0. The molecule has 1 aromatic carbocycles. The smallest absolute Gasteiger partial charge is 0.0708 e. The first-order valence-corrected chi connectivity index (χ1v) is 6.86. The third-order valence-electron chi connectivity index (χ3n) is 3.25. The van der Waals surface area contributed by atoms with Crippen LogP contribution in [0.2, 0.25) is 0 Å². The average molecular weight is 254 g/mol. The van der Waals surface area contributed by atoms with E-state index in [1.54, 1.807) is 0 Å². The lowest BCUT2D eigenvalue weighted by atomic mass is 9.96. The SMILES string of the molecule is C=C(C)CC(NCC)c1cc(C)nc2ccccc12. The minimum Gasteiger partial charge on any atom is -0.310 e. The van der Waals surface area contributed by atoms with Gasteiger partial charge in [0.2, 0.25) is 0 Å². The van der Waals surface area contributed by atoms with Crippen molar-refractivity contribution in [2.24, 2.45) is 0 Å². The van der Waals surface area contributed by atoms with Crippen molar-refractivity contribution >= 4 is 10.9 Å². The number of aromatic nitrogens is 1. The minimum absolute atomic E-state index is 0.314. The zero-order valence-electron chi connectivity index (χ0n) is 12.0. The highest BCUT2D eigenvalue weighted by Crippen LogP contribution is 2.27. The number of benzene rings is 1. The summed E-state index contributed by atoms with van der Waals surface area (Å²) in [6.45, 7) is 11.3. The molecule has 2 nitrogen and oxygen atoms in total. The maximum atomic E-state index is 4.61. The fourth-order valence-electron chi connectivity index (χ4n) is 2.52. The quantitative estimate of drug-likeness (QED) is 0.810. The summed E-state index contributed by atoms with van der Waals surface area (Å²) in [5.41, 5.74) is 4.66. The highest BCUT2D eigenvalue weighted by molar-refractivity contribution is 5.82. The van der Waals surface area contributed by atoms with Crippen LogP contribution in [-0.2, 0) is 0 Å². The number of nitrogens with zero attached hydrogens (tertiary/aromatic N) is 1. The maximum Gasteiger partial charge on any atom is 0.0708 e. The molecule has 0 aliphatic carbocycles. The van der Waals surface area contributed by atoms with Crippen LogP contribution in [0.15, 0.2) is 42.5 Å². The van der Waals surface area contributed by atoms with Gasteiger partial charge in [-0.15, -0.1) is 6.58 Å². The number of fused-ring (bicyclic) bond motifs is 1. The van der Waals surface area contributed by atoms with E-state index in [0.29, 0.717) is 6.04 Å². The van der Waals surface area contributed by atoms with Gasteiger partial charge in [-0.3, -0.25) is 4.98 Å². The van der Waals surface area contributed by atoms with Crippen molar-refractivity contribution < 1.29 is 0 Å². The number of pyridine rings is 1. The summed E-state index contributed by atoms with van der Waals surface area (Å²) >= 11 is 0. The van der Waals surface area contributed by atoms with Crippen LogP contribution in [0.4, 0.5) is 0 Å². The van der Waals surface area contributed by atoms with Gasteiger partial charge >= 0.3 is 0 Å². The fourth-order valence-corrected chi connectivity index (χ4v) is 2.52. The largest absolute Gasteiger partial charge is 0.310 e. The van der Waals surface area contributed by atoms with E-state index in [9.17, 15) is 0 Å². The predicted molar refractivity (Wildman–Crippen MR) is 82.3 cm³/mol. The lowest BCUT2D eigenvalue weighted by molar-refractivity contribution is 0.551. The van der Waals surface area contributed by atoms with Crippen molar-refractivity contribution in [1.82, 2.24) is 10.3 Å². The zero-order chi connectivity index (χ0) is 13.8. The van der Waals surface area contributed by atoms with Gasteiger partial charge in [0.15, 0.2) is 0 Å². The number of hydrogen-bond donors (Lipinski definition) is 1. The van der Waals surface area contributed by atoms with E-state index >= 15 is 0 Å². The van der Waals surface area contributed by atoms with Crippen molar-refractivity contribution in [2.45, 2.75) is 33.2 Å². The maximum absolute atomic E-state index is 4.61. The van der Waals surface area contributed by atoms with E-state index < -0.39 is 0 Å². The molecule has 0 bridgehead atoms. The topological polar surface area (TPSA) is 24.9 Å². The Morgan fingerprint density at radius 1 is 1.37 bits per heavy atom. The molecule has 19 heavy (non-hydrogen) atoms. The molecule has 0 aliphatic rings. The first-order chi connectivity index (χ1) is 9.11. The third kappa shape index (κ3) is 3.21. The van der Waals surface area contributed by atoms with Gasteiger partial charge in [0.1, 0.15) is 0 Å². The summed E-state index contributed by atoms with van der Waals surface area (Å²) in [5.74, 6) is 0. The van der Waals surface area contributed by atoms with Gasteiger partial charge in [-0.2, -0.15) is 0 Å². The molecule has 1 heterocycles. The molecule has 2 heteroatoms. The molecule has 100 valence electrons. The van der Waals surface area contributed by atoms with Crippen LogP contribution >= 0.6 is 0 Å². The summed E-state index contributed by atoms with van der Waals surface area (Å²) in [6, 6.07) is 10.9. The Morgan fingerprint density at radius 3 is 2.79 bits per heavy atom. The molecule has 0 saturated carbocycles. The molecule has 0 aliphatic heterocycles. The number of rotatable bonds is 5. The Kier molecular flexibility index (Phi) is 4.33. The molecule has 0 saturated heterocycles. The molecule has 1 unspecified atom stereocenters. The highest BCUT2D eigenvalue weighted by atomic mass is 14.9. The lowest BCUT2D eigenvalue weighted by Gasteiger charge is -2.20. The monoisotopic (exact) mass is 254 g/mol. The van der Waals surface area contributed by atoms with Crippen molar-refractivity contribution in [1.29, 1.82) is 0 Å². The van der Waals surface area contributed by atoms with Crippen LogP contribution in [0.5, 0.6) is 0 Å². The number of hydrogen-bond acceptors (Lipinski definition) is 2. The Hall–Kier alpha value is -1.67. The second-order valence-electron chi connectivity index (χ2n) is 5.14. The normalized spacial score (nSPS) is 12.6. The molecule has 1 aromatic heterocycles. The van der Waals surface area contributed by atoms with Gasteiger partial charge in [0.05, 0.1) is 5.52 Å². The van der Waals surface area contributed by atoms with Crippen LogP contribution in [0.1, 0.15) is 37.6 Å². The Bertz CT molecular complexity index is 587. The molecule has 0 amide bonds. The summed E-state index contributed by atoms with van der Waals surface area (Å²) in [6.07, 6.45) is 0.960. The second-order valence-corrected chi connectivity index (χ2v) is 5.14. The zero-order valence-corrected chi connectivity index (χ0v) is 12.0. The van der Waals surface area contributed by atoms with E-state index in [-0.39, 0.29) is 0 Å². The van der Waals surface area contributed by atoms with Gasteiger partial charge in [-0.05, 0) is 44.5 Å². The van der Waals surface area contributed by atoms with Crippen molar-refractivity contribution in [2.75, 3.05) is 6.54 Å². The fraction of sp³-hybridized carbons (Fsp3) is 0.353. The molecule has 0 spiro atoms. The first-order valence-electron chi connectivity index (χ1n) is 6.86. The number of para-hydroxylation sites is 1. The Balaban J connectivity index is 2.54. The molecular formula is C17H22N2. The van der Waals surface area contributed by atoms with Crippen molar-refractivity contribution in [3.05, 3.63) is 53.7 Å². The van der Waals surface area contributed by atoms with Gasteiger partial charge in [0.25, 0.3) is 0 Å². The van der Waals surface area contributed by atoms with Gasteiger partial charge in [-0.1, -0.05) is 30.7 Å². The van der Waals surface area contributed by atoms with Crippen molar-refractivity contribution in [3.8, 4) is 0 Å². The van der Waals surface area contributed by atoms with Crippen LogP contribution in [0.3, 0.4) is 0 Å². The molecule has 2 aromatic rings. The van der Waals surface area contributed by atoms with Crippen LogP contribution < -0.4 is 5.32 Å². The molecular weight excluding hydrogens is 232 g/mol. The lowest BCUT2D eigenvalue weighted by Crippen LogP contribution is -2.21. The van der Waals surface area contributed by atoms with Crippen LogP contribution in [0, 0.1) is 6.92 Å². The van der Waals surface area contributed by atoms with Crippen LogP contribution in [-0.4, -0.2) is 11.5 Å². The molecule has 0 fully saturated rings. The highest BCUT2D eigenvalue weighted by Gasteiger charge is 2.14. The first kappa shape index (κ1) is 13.8. The van der Waals surface area contributed by atoms with E-state index in [1.165, 1.54) is 16.5 Å². The average Bonchev–Trinajstić information content (AvgIpc) is 2.36. The molecule has 1 N–H and O–H groups in total. The van der Waals surface area contributed by atoms with Crippen molar-refractivity contribution in [3.63, 3.8) is 0 Å². The minimum atomic E-state index is 0.314.